The van der Waals surface area contributed by atoms with Crippen LogP contribution < -0.4 is 14.8 Å². The topological polar surface area (TPSA) is 33.7 Å². The van der Waals surface area contributed by atoms with E-state index in [0.29, 0.717) is 22.9 Å². The summed E-state index contributed by atoms with van der Waals surface area (Å²) < 4.78 is 23.6. The lowest BCUT2D eigenvalue weighted by atomic mass is 10.0. The van der Waals surface area contributed by atoms with Crippen LogP contribution in [-0.4, -0.2) is 52.0 Å². The summed E-state index contributed by atoms with van der Waals surface area (Å²) in [6, 6.07) is 3.70. The van der Waals surface area contributed by atoms with E-state index in [-0.39, 0.29) is 25.1 Å². The number of methoxy groups -OCH3 is 2. The second-order valence-corrected chi connectivity index (χ2v) is 5.36. The minimum Gasteiger partial charge on any atom is -0.493 e. The number of nitrogens with zero attached hydrogens (tertiary/aromatic N) is 1. The highest BCUT2D eigenvalue weighted by atomic mass is 35.5. The van der Waals surface area contributed by atoms with Crippen molar-refractivity contribution >= 4 is 24.0 Å². The summed E-state index contributed by atoms with van der Waals surface area (Å²) in [5.41, 5.74) is 0.897. The quantitative estimate of drug-likeness (QED) is 0.852. The Bertz CT molecular complexity index is 471. The van der Waals surface area contributed by atoms with Gasteiger partial charge in [-0.3, -0.25) is 9.29 Å². The van der Waals surface area contributed by atoms with Gasteiger partial charge in [0.05, 0.1) is 25.9 Å². The van der Waals surface area contributed by atoms with Gasteiger partial charge in [-0.1, -0.05) is 17.7 Å². The number of hydrogen-bond donors (Lipinski definition) is 1. The Morgan fingerprint density at radius 1 is 1.27 bits per heavy atom. The van der Waals surface area contributed by atoms with Gasteiger partial charge in [-0.15, -0.1) is 12.4 Å². The Hall–Kier alpha value is -0.750. The van der Waals surface area contributed by atoms with E-state index in [4.69, 9.17) is 21.1 Å². The van der Waals surface area contributed by atoms with Crippen molar-refractivity contribution in [1.82, 2.24) is 10.2 Å². The van der Waals surface area contributed by atoms with Crippen LogP contribution in [0, 0.1) is 0 Å². The number of hydrogen-bond acceptors (Lipinski definition) is 4. The molecule has 1 fully saturated rings. The molecule has 126 valence electrons. The normalized spacial score (nSPS) is 16.7. The van der Waals surface area contributed by atoms with Crippen molar-refractivity contribution in [3.8, 4) is 11.5 Å². The van der Waals surface area contributed by atoms with E-state index in [1.165, 1.54) is 0 Å². The minimum absolute atomic E-state index is 0. The average molecular weight is 353 g/mol. The third-order valence-electron chi connectivity index (χ3n) is 3.85. The highest BCUT2D eigenvalue weighted by Gasteiger charge is 2.26. The van der Waals surface area contributed by atoms with Crippen molar-refractivity contribution in [2.75, 3.05) is 47.1 Å². The van der Waals surface area contributed by atoms with Gasteiger partial charge < -0.3 is 14.8 Å². The van der Waals surface area contributed by atoms with Gasteiger partial charge in [0.2, 0.25) is 0 Å². The molecule has 1 aromatic carbocycles. The first-order valence-electron chi connectivity index (χ1n) is 7.14. The van der Waals surface area contributed by atoms with Gasteiger partial charge in [0.1, 0.15) is 0 Å². The Morgan fingerprint density at radius 3 is 2.50 bits per heavy atom. The van der Waals surface area contributed by atoms with Crippen LogP contribution in [0.4, 0.5) is 4.39 Å². The van der Waals surface area contributed by atoms with Gasteiger partial charge in [-0.2, -0.15) is 0 Å². The molecule has 7 heteroatoms. The van der Waals surface area contributed by atoms with Crippen LogP contribution >= 0.6 is 24.0 Å². The number of halogens is 3. The predicted octanol–water partition coefficient (Wildman–Crippen LogP) is 3.08. The van der Waals surface area contributed by atoms with Gasteiger partial charge >= 0.3 is 0 Å². The molecule has 0 bridgehead atoms. The first-order valence-corrected chi connectivity index (χ1v) is 7.51. The van der Waals surface area contributed by atoms with Crippen molar-refractivity contribution in [2.45, 2.75) is 12.5 Å². The second-order valence-electron chi connectivity index (χ2n) is 4.98. The van der Waals surface area contributed by atoms with Crippen molar-refractivity contribution in [3.63, 3.8) is 0 Å². The zero-order chi connectivity index (χ0) is 15.2. The maximum absolute atomic E-state index is 13.0. The molecule has 4 nitrogen and oxygen atoms in total. The molecule has 0 amide bonds. The summed E-state index contributed by atoms with van der Waals surface area (Å²) in [6.45, 7) is 3.21. The van der Waals surface area contributed by atoms with E-state index in [1.807, 2.05) is 12.1 Å². The van der Waals surface area contributed by atoms with Crippen molar-refractivity contribution < 1.29 is 13.9 Å². The summed E-state index contributed by atoms with van der Waals surface area (Å²) in [7, 11) is 3.13. The van der Waals surface area contributed by atoms with Crippen molar-refractivity contribution in [3.05, 3.63) is 22.7 Å². The SMILES string of the molecule is COc1ccc([C@@H](CCF)N2CCNCC2)c(Cl)c1OC.Cl. The number of rotatable bonds is 6. The Balaban J connectivity index is 0.00000242. The maximum atomic E-state index is 13.0. The van der Waals surface area contributed by atoms with Crippen molar-refractivity contribution in [2.24, 2.45) is 0 Å². The Morgan fingerprint density at radius 2 is 1.95 bits per heavy atom. The van der Waals surface area contributed by atoms with E-state index < -0.39 is 0 Å². The van der Waals surface area contributed by atoms with E-state index >= 15 is 0 Å². The fraction of sp³-hybridized carbons (Fsp3) is 0.600. The lowest BCUT2D eigenvalue weighted by molar-refractivity contribution is 0.157. The Labute approximate surface area is 142 Å². The lowest BCUT2D eigenvalue weighted by Crippen LogP contribution is -2.45. The van der Waals surface area contributed by atoms with Gasteiger partial charge in [0.25, 0.3) is 0 Å². The van der Waals surface area contributed by atoms with E-state index in [0.717, 1.165) is 31.7 Å². The molecule has 1 N–H and O–H groups in total. The molecule has 0 aliphatic carbocycles. The summed E-state index contributed by atoms with van der Waals surface area (Å²) in [6.07, 6.45) is 0.426. The molecule has 0 spiro atoms. The maximum Gasteiger partial charge on any atom is 0.179 e. The zero-order valence-electron chi connectivity index (χ0n) is 12.9. The van der Waals surface area contributed by atoms with Crippen LogP contribution in [0.3, 0.4) is 0 Å². The number of piperazine rings is 1. The Kier molecular flexibility index (Phi) is 8.25. The largest absolute Gasteiger partial charge is 0.493 e. The number of ether oxygens (including phenoxy) is 2. The molecule has 0 unspecified atom stereocenters. The zero-order valence-corrected chi connectivity index (χ0v) is 14.5. The lowest BCUT2D eigenvalue weighted by Gasteiger charge is -2.35. The molecule has 22 heavy (non-hydrogen) atoms. The van der Waals surface area contributed by atoms with Crippen LogP contribution in [0.5, 0.6) is 11.5 Å². The molecule has 1 aliphatic rings. The average Bonchev–Trinajstić information content (AvgIpc) is 2.53. The summed E-state index contributed by atoms with van der Waals surface area (Å²) in [4.78, 5) is 2.27. The molecule has 0 saturated carbocycles. The van der Waals surface area contributed by atoms with Gasteiger partial charge in [0, 0.05) is 32.2 Å². The fourth-order valence-corrected chi connectivity index (χ4v) is 3.15. The summed E-state index contributed by atoms with van der Waals surface area (Å²) in [5, 5.41) is 3.81. The number of benzene rings is 1. The summed E-state index contributed by atoms with van der Waals surface area (Å²) in [5.74, 6) is 1.10. The van der Waals surface area contributed by atoms with Gasteiger partial charge in [0.15, 0.2) is 11.5 Å². The molecule has 1 atom stereocenters. The van der Waals surface area contributed by atoms with E-state index in [9.17, 15) is 4.39 Å². The smallest absolute Gasteiger partial charge is 0.179 e. The highest BCUT2D eigenvalue weighted by Crippen LogP contribution is 2.41. The molecule has 1 saturated heterocycles. The van der Waals surface area contributed by atoms with Crippen LogP contribution in [0.25, 0.3) is 0 Å². The highest BCUT2D eigenvalue weighted by molar-refractivity contribution is 6.33. The molecule has 1 aliphatic heterocycles. The third-order valence-corrected chi connectivity index (χ3v) is 4.24. The minimum atomic E-state index is -0.376. The molecule has 0 radical (unpaired) electrons. The molecular formula is C15H23Cl2FN2O2. The molecule has 2 rings (SSSR count). The third kappa shape index (κ3) is 4.16. The summed E-state index contributed by atoms with van der Waals surface area (Å²) >= 11 is 6.47. The van der Waals surface area contributed by atoms with Gasteiger partial charge in [-0.25, -0.2) is 0 Å². The first-order chi connectivity index (χ1) is 10.2. The molecule has 0 aromatic heterocycles. The number of nitrogens with one attached hydrogen (secondary N) is 1. The van der Waals surface area contributed by atoms with Crippen LogP contribution in [0.2, 0.25) is 5.02 Å². The van der Waals surface area contributed by atoms with Crippen LogP contribution in [0.1, 0.15) is 18.0 Å². The van der Waals surface area contributed by atoms with E-state index in [2.05, 4.69) is 10.2 Å². The van der Waals surface area contributed by atoms with Crippen molar-refractivity contribution in [1.29, 1.82) is 0 Å². The molecule has 1 heterocycles. The second kappa shape index (κ2) is 9.40. The van der Waals surface area contributed by atoms with Crippen LogP contribution in [0.15, 0.2) is 12.1 Å². The van der Waals surface area contributed by atoms with E-state index in [1.54, 1.807) is 14.2 Å². The van der Waals surface area contributed by atoms with Crippen LogP contribution in [-0.2, 0) is 0 Å². The first kappa shape index (κ1) is 19.3. The molecule has 1 aromatic rings. The fourth-order valence-electron chi connectivity index (χ4n) is 2.79. The van der Waals surface area contributed by atoms with Gasteiger partial charge in [-0.05, 0) is 18.1 Å². The predicted molar refractivity (Wildman–Crippen MR) is 89.6 cm³/mol. The standard InChI is InChI=1S/C15H22ClFN2O2.ClH/c1-20-13-4-3-11(14(16)15(13)21-2)12(5-6-17)19-9-7-18-8-10-19;/h3-4,12,18H,5-10H2,1-2H3;1H/t12-;/m1./s1. The number of alkyl halides is 1. The monoisotopic (exact) mass is 352 g/mol. The molecular weight excluding hydrogens is 330 g/mol.